The highest BCUT2D eigenvalue weighted by Gasteiger charge is 2.31. The van der Waals surface area contributed by atoms with E-state index < -0.39 is 11.9 Å². The van der Waals surface area contributed by atoms with E-state index in [1.807, 2.05) is 17.4 Å². The average molecular weight is 288 g/mol. The largest absolute Gasteiger partial charge is 0.430 e. The molecule has 0 aromatic heterocycles. The average Bonchev–Trinajstić information content (AvgIpc) is 2.28. The van der Waals surface area contributed by atoms with Crippen LogP contribution in [0.3, 0.4) is 0 Å². The maximum absolute atomic E-state index is 11.6. The summed E-state index contributed by atoms with van der Waals surface area (Å²) < 4.78 is 34.8. The van der Waals surface area contributed by atoms with E-state index in [0.717, 1.165) is 11.8 Å². The number of nitrogens with two attached hydrogens (primary N) is 1. The number of allylic oxidation sites excluding steroid dienone is 2. The molecule has 3 N–H and O–H groups in total. The van der Waals surface area contributed by atoms with Crippen LogP contribution in [0.5, 0.6) is 0 Å². The second-order valence-corrected chi connectivity index (χ2v) is 5.32. The molecule has 0 saturated carbocycles. The standard InChI is InChI=1S/C10H15N.C5H8F3N/c1-10(2,3)8-4-6-9(11)7-5-8;1-3-4(9-2)5(6,7)8/h4-7H,11H2,1-3H3;3,9H,1-2H3/b;4-3-. The lowest BCUT2D eigenvalue weighted by Gasteiger charge is -2.18. The van der Waals surface area contributed by atoms with Crippen molar-refractivity contribution in [3.63, 3.8) is 0 Å². The number of rotatable bonds is 1. The Morgan fingerprint density at radius 1 is 1.10 bits per heavy atom. The maximum Gasteiger partial charge on any atom is 0.430 e. The molecule has 20 heavy (non-hydrogen) atoms. The summed E-state index contributed by atoms with van der Waals surface area (Å²) in [6.07, 6.45) is -3.25. The van der Waals surface area contributed by atoms with Crippen LogP contribution in [0.15, 0.2) is 36.0 Å². The van der Waals surface area contributed by atoms with Crippen LogP contribution in [0.4, 0.5) is 18.9 Å². The zero-order valence-electron chi connectivity index (χ0n) is 12.6. The van der Waals surface area contributed by atoms with Gasteiger partial charge < -0.3 is 11.1 Å². The van der Waals surface area contributed by atoms with Gasteiger partial charge in [0.05, 0.1) is 0 Å². The predicted molar refractivity (Wildman–Crippen MR) is 78.4 cm³/mol. The van der Waals surface area contributed by atoms with E-state index in [-0.39, 0.29) is 5.41 Å². The summed E-state index contributed by atoms with van der Waals surface area (Å²) in [5.74, 6) is 0. The van der Waals surface area contributed by atoms with Gasteiger partial charge in [0.2, 0.25) is 0 Å². The van der Waals surface area contributed by atoms with Crippen molar-refractivity contribution in [3.05, 3.63) is 41.6 Å². The molecule has 114 valence electrons. The number of alkyl halides is 3. The normalized spacial score (nSPS) is 12.5. The van der Waals surface area contributed by atoms with Gasteiger partial charge >= 0.3 is 6.18 Å². The van der Waals surface area contributed by atoms with E-state index in [1.165, 1.54) is 19.5 Å². The van der Waals surface area contributed by atoms with Crippen LogP contribution in [0, 0.1) is 0 Å². The second kappa shape index (κ2) is 7.22. The summed E-state index contributed by atoms with van der Waals surface area (Å²) in [4.78, 5) is 0. The number of anilines is 1. The summed E-state index contributed by atoms with van der Waals surface area (Å²) in [5, 5.41) is 2.03. The fourth-order valence-corrected chi connectivity index (χ4v) is 1.43. The Labute approximate surface area is 118 Å². The molecule has 1 rings (SSSR count). The molecule has 0 radical (unpaired) electrons. The van der Waals surface area contributed by atoms with Gasteiger partial charge in [0.25, 0.3) is 0 Å². The Hall–Kier alpha value is -1.65. The van der Waals surface area contributed by atoms with Gasteiger partial charge in [0, 0.05) is 12.7 Å². The van der Waals surface area contributed by atoms with E-state index in [1.54, 1.807) is 0 Å². The Morgan fingerprint density at radius 3 is 1.75 bits per heavy atom. The molecule has 0 fully saturated rings. The predicted octanol–water partition coefficient (Wildman–Crippen LogP) is 4.24. The number of benzene rings is 1. The topological polar surface area (TPSA) is 38.0 Å². The second-order valence-electron chi connectivity index (χ2n) is 5.32. The van der Waals surface area contributed by atoms with Gasteiger partial charge in [-0.15, -0.1) is 0 Å². The van der Waals surface area contributed by atoms with Crippen LogP contribution in [-0.2, 0) is 5.41 Å². The van der Waals surface area contributed by atoms with E-state index in [0.29, 0.717) is 0 Å². The minimum atomic E-state index is -4.23. The van der Waals surface area contributed by atoms with Crippen LogP contribution < -0.4 is 11.1 Å². The lowest BCUT2D eigenvalue weighted by molar-refractivity contribution is -0.0961. The van der Waals surface area contributed by atoms with Gasteiger partial charge in [-0.1, -0.05) is 39.0 Å². The third kappa shape index (κ3) is 6.50. The summed E-state index contributed by atoms with van der Waals surface area (Å²) in [6, 6.07) is 8.05. The van der Waals surface area contributed by atoms with Crippen molar-refractivity contribution in [2.24, 2.45) is 0 Å². The van der Waals surface area contributed by atoms with E-state index in [9.17, 15) is 13.2 Å². The van der Waals surface area contributed by atoms with Gasteiger partial charge in [-0.3, -0.25) is 0 Å². The molecule has 0 unspecified atom stereocenters. The van der Waals surface area contributed by atoms with Crippen LogP contribution in [0.1, 0.15) is 33.3 Å². The summed E-state index contributed by atoms with van der Waals surface area (Å²) in [6.45, 7) is 7.91. The number of hydrogen-bond acceptors (Lipinski definition) is 2. The van der Waals surface area contributed by atoms with Gasteiger partial charge in [0.15, 0.2) is 0 Å². The van der Waals surface area contributed by atoms with Crippen LogP contribution in [0.25, 0.3) is 0 Å². The van der Waals surface area contributed by atoms with Crippen molar-refractivity contribution in [3.8, 4) is 0 Å². The first-order chi connectivity index (χ1) is 9.02. The van der Waals surface area contributed by atoms with Gasteiger partial charge in [-0.2, -0.15) is 13.2 Å². The Balaban J connectivity index is 0.000000370. The highest BCUT2D eigenvalue weighted by atomic mass is 19.4. The van der Waals surface area contributed by atoms with Crippen LogP contribution >= 0.6 is 0 Å². The zero-order chi connectivity index (χ0) is 16.0. The summed E-state index contributed by atoms with van der Waals surface area (Å²) in [5.41, 5.74) is 7.25. The molecule has 0 saturated heterocycles. The molecule has 0 bridgehead atoms. The fourth-order valence-electron chi connectivity index (χ4n) is 1.43. The highest BCUT2D eigenvalue weighted by Crippen LogP contribution is 2.23. The molecular formula is C15H23F3N2. The van der Waals surface area contributed by atoms with Gasteiger partial charge in [-0.25, -0.2) is 0 Å². The van der Waals surface area contributed by atoms with Crippen molar-refractivity contribution in [1.82, 2.24) is 5.32 Å². The van der Waals surface area contributed by atoms with Crippen LogP contribution in [0.2, 0.25) is 0 Å². The van der Waals surface area contributed by atoms with E-state index in [4.69, 9.17) is 5.73 Å². The molecule has 0 spiro atoms. The summed E-state index contributed by atoms with van der Waals surface area (Å²) >= 11 is 0. The fraction of sp³-hybridized carbons (Fsp3) is 0.467. The monoisotopic (exact) mass is 288 g/mol. The Bertz CT molecular complexity index is 426. The lowest BCUT2D eigenvalue weighted by atomic mass is 9.87. The first kappa shape index (κ1) is 18.4. The van der Waals surface area contributed by atoms with Crippen molar-refractivity contribution >= 4 is 5.69 Å². The first-order valence-corrected chi connectivity index (χ1v) is 6.29. The Kier molecular flexibility index (Phi) is 6.62. The summed E-state index contributed by atoms with van der Waals surface area (Å²) in [7, 11) is 1.24. The molecule has 1 aromatic carbocycles. The first-order valence-electron chi connectivity index (χ1n) is 6.29. The number of halogens is 3. The zero-order valence-corrected chi connectivity index (χ0v) is 12.6. The van der Waals surface area contributed by atoms with Crippen molar-refractivity contribution in [2.45, 2.75) is 39.3 Å². The SMILES string of the molecule is C/C=C(\NC)C(F)(F)F.CC(C)(C)c1ccc(N)cc1. The van der Waals surface area contributed by atoms with Crippen LogP contribution in [-0.4, -0.2) is 13.2 Å². The number of nitrogens with one attached hydrogen (secondary N) is 1. The smallest absolute Gasteiger partial charge is 0.399 e. The third-order valence-corrected chi connectivity index (χ3v) is 2.64. The van der Waals surface area contributed by atoms with E-state index in [2.05, 4.69) is 32.9 Å². The van der Waals surface area contributed by atoms with E-state index >= 15 is 0 Å². The third-order valence-electron chi connectivity index (χ3n) is 2.64. The molecule has 0 atom stereocenters. The highest BCUT2D eigenvalue weighted by molar-refractivity contribution is 5.40. The molecule has 5 heteroatoms. The molecule has 0 heterocycles. The van der Waals surface area contributed by atoms with Crippen molar-refractivity contribution in [1.29, 1.82) is 0 Å². The number of nitrogen functional groups attached to an aromatic ring is 1. The van der Waals surface area contributed by atoms with Gasteiger partial charge in [0.1, 0.15) is 5.70 Å². The van der Waals surface area contributed by atoms with Crippen molar-refractivity contribution in [2.75, 3.05) is 12.8 Å². The molecule has 0 aliphatic carbocycles. The minimum absolute atomic E-state index is 0.230. The number of hydrogen-bond donors (Lipinski definition) is 2. The molecular weight excluding hydrogens is 265 g/mol. The van der Waals surface area contributed by atoms with Gasteiger partial charge in [-0.05, 0) is 30.0 Å². The quantitative estimate of drug-likeness (QED) is 0.759. The molecule has 1 aromatic rings. The lowest BCUT2D eigenvalue weighted by Crippen LogP contribution is -2.22. The minimum Gasteiger partial charge on any atom is -0.399 e. The van der Waals surface area contributed by atoms with Crippen molar-refractivity contribution < 1.29 is 13.2 Å². The Morgan fingerprint density at radius 2 is 1.55 bits per heavy atom. The molecule has 2 nitrogen and oxygen atoms in total. The maximum atomic E-state index is 11.6. The molecule has 0 aliphatic heterocycles. The molecule has 0 aliphatic rings. The molecule has 0 amide bonds.